The molecule has 70 heavy (non-hydrogen) atoms. The average molecular weight is 976 g/mol. The van der Waals surface area contributed by atoms with Gasteiger partial charge >= 0.3 is 17.9 Å². The maximum absolute atomic E-state index is 12.8. The highest BCUT2D eigenvalue weighted by molar-refractivity contribution is 5.71. The lowest BCUT2D eigenvalue weighted by molar-refractivity contribution is -0.167. The van der Waals surface area contributed by atoms with E-state index in [-0.39, 0.29) is 31.1 Å². The lowest BCUT2D eigenvalue weighted by Crippen LogP contribution is -2.30. The van der Waals surface area contributed by atoms with E-state index in [1.807, 2.05) is 0 Å². The van der Waals surface area contributed by atoms with Gasteiger partial charge in [0.2, 0.25) is 0 Å². The third-order valence-electron chi connectivity index (χ3n) is 12.6. The molecule has 0 saturated heterocycles. The summed E-state index contributed by atoms with van der Waals surface area (Å²) in [5.41, 5.74) is 0. The molecule has 0 aliphatic carbocycles. The van der Waals surface area contributed by atoms with Gasteiger partial charge < -0.3 is 14.2 Å². The van der Waals surface area contributed by atoms with Gasteiger partial charge in [-0.2, -0.15) is 0 Å². The molecule has 0 aliphatic heterocycles. The number of rotatable bonds is 53. The number of carbonyl (C=O) groups is 3. The zero-order valence-electron chi connectivity index (χ0n) is 46.0. The molecule has 6 nitrogen and oxygen atoms in total. The van der Waals surface area contributed by atoms with E-state index >= 15 is 0 Å². The smallest absolute Gasteiger partial charge is 0.306 e. The number of unbranched alkanes of at least 4 members (excludes halogenated alkanes) is 28. The summed E-state index contributed by atoms with van der Waals surface area (Å²) in [4.78, 5) is 38.1. The first-order valence-corrected chi connectivity index (χ1v) is 29.6. The van der Waals surface area contributed by atoms with Crippen molar-refractivity contribution in [2.45, 2.75) is 290 Å². The van der Waals surface area contributed by atoms with Crippen molar-refractivity contribution in [2.24, 2.45) is 0 Å². The van der Waals surface area contributed by atoms with E-state index in [4.69, 9.17) is 14.2 Å². The Morgan fingerprint density at radius 3 is 0.886 bits per heavy atom. The molecule has 0 spiro atoms. The van der Waals surface area contributed by atoms with Crippen LogP contribution in [-0.2, 0) is 28.6 Å². The van der Waals surface area contributed by atoms with E-state index in [2.05, 4.69) is 106 Å². The SMILES string of the molecule is CC/C=C\C/C=C\C/C=C\C/C=C\CCCCCCCCCCCCCCCCC(=O)OCC(COC(=O)CCCCCCCCCCCCCC)OC(=O)CCCCC/C=C\C/C=C\C/C=C\CC. The van der Waals surface area contributed by atoms with Gasteiger partial charge in [-0.25, -0.2) is 0 Å². The molecule has 0 rings (SSSR count). The first-order chi connectivity index (χ1) is 34.5. The number of esters is 3. The molecule has 1 atom stereocenters. The van der Waals surface area contributed by atoms with Crippen molar-refractivity contribution in [1.29, 1.82) is 0 Å². The maximum atomic E-state index is 12.8. The van der Waals surface area contributed by atoms with Crippen molar-refractivity contribution in [3.63, 3.8) is 0 Å². The lowest BCUT2D eigenvalue weighted by Gasteiger charge is -2.18. The number of hydrogen-bond acceptors (Lipinski definition) is 6. The first kappa shape index (κ1) is 66.6. The fraction of sp³-hybridized carbons (Fsp3) is 0.734. The van der Waals surface area contributed by atoms with Crippen molar-refractivity contribution in [3.8, 4) is 0 Å². The van der Waals surface area contributed by atoms with Crippen LogP contribution in [0.1, 0.15) is 284 Å². The molecular weight excluding hydrogens is 865 g/mol. The topological polar surface area (TPSA) is 78.9 Å². The van der Waals surface area contributed by atoms with E-state index in [0.29, 0.717) is 19.3 Å². The predicted molar refractivity (Wildman–Crippen MR) is 302 cm³/mol. The summed E-state index contributed by atoms with van der Waals surface area (Å²) in [6.45, 7) is 6.40. The second-order valence-corrected chi connectivity index (χ2v) is 19.5. The Bertz CT molecular complexity index is 1350. The fourth-order valence-electron chi connectivity index (χ4n) is 8.27. The molecule has 0 radical (unpaired) electrons. The molecule has 6 heteroatoms. The van der Waals surface area contributed by atoms with Crippen LogP contribution in [0, 0.1) is 0 Å². The van der Waals surface area contributed by atoms with Gasteiger partial charge in [-0.1, -0.05) is 260 Å². The molecule has 0 aromatic carbocycles. The minimum Gasteiger partial charge on any atom is -0.462 e. The number of allylic oxidation sites excluding steroid dienone is 14. The van der Waals surface area contributed by atoms with E-state index < -0.39 is 6.10 Å². The number of hydrogen-bond donors (Lipinski definition) is 0. The summed E-state index contributed by atoms with van der Waals surface area (Å²) in [5, 5.41) is 0. The van der Waals surface area contributed by atoms with Crippen molar-refractivity contribution >= 4 is 17.9 Å². The second-order valence-electron chi connectivity index (χ2n) is 19.5. The fourth-order valence-corrected chi connectivity index (χ4v) is 8.27. The van der Waals surface area contributed by atoms with Crippen molar-refractivity contribution < 1.29 is 28.6 Å². The molecule has 402 valence electrons. The summed E-state index contributed by atoms with van der Waals surface area (Å²) in [5.74, 6) is -0.908. The van der Waals surface area contributed by atoms with Gasteiger partial charge in [-0.05, 0) is 89.9 Å². The Balaban J connectivity index is 4.22. The summed E-state index contributed by atoms with van der Waals surface area (Å²) in [6.07, 6.45) is 75.9. The first-order valence-electron chi connectivity index (χ1n) is 29.6. The van der Waals surface area contributed by atoms with E-state index in [0.717, 1.165) is 109 Å². The van der Waals surface area contributed by atoms with Crippen LogP contribution < -0.4 is 0 Å². The predicted octanol–water partition coefficient (Wildman–Crippen LogP) is 19.9. The zero-order valence-corrected chi connectivity index (χ0v) is 46.0. The van der Waals surface area contributed by atoms with Crippen molar-refractivity contribution in [1.82, 2.24) is 0 Å². The molecule has 0 aromatic heterocycles. The molecule has 0 saturated carbocycles. The average Bonchev–Trinajstić information content (AvgIpc) is 3.36. The molecule has 1 unspecified atom stereocenters. The largest absolute Gasteiger partial charge is 0.462 e. The Kier molecular flexibility index (Phi) is 55.3. The maximum Gasteiger partial charge on any atom is 0.306 e. The zero-order chi connectivity index (χ0) is 50.7. The van der Waals surface area contributed by atoms with Crippen LogP contribution in [0.4, 0.5) is 0 Å². The summed E-state index contributed by atoms with van der Waals surface area (Å²) >= 11 is 0. The van der Waals surface area contributed by atoms with Gasteiger partial charge in [0.1, 0.15) is 13.2 Å². The monoisotopic (exact) mass is 975 g/mol. The van der Waals surface area contributed by atoms with Crippen LogP contribution in [-0.4, -0.2) is 37.2 Å². The quantitative estimate of drug-likeness (QED) is 0.0261. The second kappa shape index (κ2) is 58.2. The van der Waals surface area contributed by atoms with E-state index in [9.17, 15) is 14.4 Å². The van der Waals surface area contributed by atoms with Crippen LogP contribution in [0.15, 0.2) is 85.1 Å². The van der Waals surface area contributed by atoms with Crippen LogP contribution in [0.25, 0.3) is 0 Å². The molecule has 0 amide bonds. The van der Waals surface area contributed by atoms with E-state index in [1.165, 1.54) is 135 Å². The van der Waals surface area contributed by atoms with Gasteiger partial charge in [0.15, 0.2) is 6.10 Å². The molecule has 0 aromatic rings. The van der Waals surface area contributed by atoms with Crippen molar-refractivity contribution in [3.05, 3.63) is 85.1 Å². The molecule has 0 N–H and O–H groups in total. The minimum atomic E-state index is -0.789. The summed E-state index contributed by atoms with van der Waals surface area (Å²) in [6, 6.07) is 0. The number of ether oxygens (including phenoxy) is 3. The molecule has 0 aliphatic rings. The van der Waals surface area contributed by atoms with Crippen LogP contribution in [0.3, 0.4) is 0 Å². The Labute approximate surface area is 433 Å². The van der Waals surface area contributed by atoms with Crippen LogP contribution >= 0.6 is 0 Å². The van der Waals surface area contributed by atoms with Gasteiger partial charge in [-0.3, -0.25) is 14.4 Å². The third-order valence-corrected chi connectivity index (χ3v) is 12.6. The van der Waals surface area contributed by atoms with Gasteiger partial charge in [0.05, 0.1) is 0 Å². The normalized spacial score (nSPS) is 12.7. The van der Waals surface area contributed by atoms with Crippen LogP contribution in [0.2, 0.25) is 0 Å². The minimum absolute atomic E-state index is 0.0853. The Morgan fingerprint density at radius 2 is 0.557 bits per heavy atom. The molecule has 0 bridgehead atoms. The lowest BCUT2D eigenvalue weighted by atomic mass is 10.0. The third kappa shape index (κ3) is 55.5. The van der Waals surface area contributed by atoms with Gasteiger partial charge in [-0.15, -0.1) is 0 Å². The highest BCUT2D eigenvalue weighted by atomic mass is 16.6. The molecule has 0 heterocycles. The van der Waals surface area contributed by atoms with E-state index in [1.54, 1.807) is 0 Å². The van der Waals surface area contributed by atoms with Gasteiger partial charge in [0.25, 0.3) is 0 Å². The highest BCUT2D eigenvalue weighted by Gasteiger charge is 2.19. The standard InChI is InChI=1S/C64H110O6/c1-4-7-10-13-16-19-22-25-26-27-28-29-30-31-32-33-34-35-36-37-38-40-42-45-48-51-54-57-63(66)69-60-61(59-68-62(65)56-53-50-47-44-41-24-21-18-15-12-9-6-3)70-64(67)58-55-52-49-46-43-39-23-20-17-14-11-8-5-2/h7-8,10-11,16-17,19-20,25-26,28-29,39,43,61H,4-6,9,12-15,18,21-24,27,30-38,40-42,44-60H2,1-3H3/b10-7-,11-8-,19-16-,20-17-,26-25-,29-28-,43-39-. The Hall–Kier alpha value is -3.41. The van der Waals surface area contributed by atoms with Crippen molar-refractivity contribution in [2.75, 3.05) is 13.2 Å². The summed E-state index contributed by atoms with van der Waals surface area (Å²) < 4.78 is 16.8. The number of carbonyl (C=O) groups excluding carboxylic acids is 3. The molecule has 0 fully saturated rings. The highest BCUT2D eigenvalue weighted by Crippen LogP contribution is 2.16. The van der Waals surface area contributed by atoms with Crippen LogP contribution in [0.5, 0.6) is 0 Å². The Morgan fingerprint density at radius 1 is 0.300 bits per heavy atom. The van der Waals surface area contributed by atoms with Gasteiger partial charge in [0, 0.05) is 19.3 Å². The summed E-state index contributed by atoms with van der Waals surface area (Å²) in [7, 11) is 0. The molecular formula is C64H110O6.